The van der Waals surface area contributed by atoms with E-state index in [1.807, 2.05) is 11.8 Å². The minimum absolute atomic E-state index is 0.716. The van der Waals surface area contributed by atoms with E-state index in [0.29, 0.717) is 6.04 Å². The molecule has 1 N–H and O–H groups in total. The number of benzene rings is 1. The second-order valence-corrected chi connectivity index (χ2v) is 7.78. The highest BCUT2D eigenvalue weighted by molar-refractivity contribution is 7.99. The van der Waals surface area contributed by atoms with Crippen molar-refractivity contribution in [3.05, 3.63) is 29.8 Å². The lowest BCUT2D eigenvalue weighted by Crippen LogP contribution is -2.40. The molecule has 1 saturated heterocycles. The number of thioether (sulfide) groups is 1. The molecule has 1 aromatic carbocycles. The number of rotatable bonds is 8. The smallest absolute Gasteiger partial charge is 0.0195 e. The molecule has 1 unspecified atom stereocenters. The van der Waals surface area contributed by atoms with Crippen molar-refractivity contribution in [3.63, 3.8) is 0 Å². The van der Waals surface area contributed by atoms with Gasteiger partial charge in [-0.1, -0.05) is 31.5 Å². The Hall–Kier alpha value is -0.510. The summed E-state index contributed by atoms with van der Waals surface area (Å²) in [5.74, 6) is 1.93. The van der Waals surface area contributed by atoms with E-state index in [1.165, 1.54) is 55.2 Å². The fourth-order valence-electron chi connectivity index (χ4n) is 2.92. The van der Waals surface area contributed by atoms with E-state index in [9.17, 15) is 0 Å². The number of hydrogen-bond donors (Lipinski definition) is 1. The molecule has 1 aliphatic rings. The minimum Gasteiger partial charge on any atom is -0.313 e. The maximum atomic E-state index is 3.63. The zero-order chi connectivity index (χ0) is 15.1. The zero-order valence-electron chi connectivity index (χ0n) is 13.8. The van der Waals surface area contributed by atoms with E-state index in [0.717, 1.165) is 5.92 Å². The molecule has 0 bridgehead atoms. The van der Waals surface area contributed by atoms with Crippen molar-refractivity contribution < 1.29 is 0 Å². The van der Waals surface area contributed by atoms with Crippen molar-refractivity contribution in [2.75, 3.05) is 31.9 Å². The van der Waals surface area contributed by atoms with Crippen LogP contribution in [-0.2, 0) is 0 Å². The largest absolute Gasteiger partial charge is 0.313 e. The topological polar surface area (TPSA) is 15.3 Å². The molecule has 2 rings (SSSR count). The Morgan fingerprint density at radius 2 is 2.05 bits per heavy atom. The number of hydrogen-bond acceptors (Lipinski definition) is 3. The third-order valence-electron chi connectivity index (χ3n) is 3.96. The molecule has 118 valence electrons. The van der Waals surface area contributed by atoms with Gasteiger partial charge in [0.15, 0.2) is 0 Å². The lowest BCUT2D eigenvalue weighted by Gasteiger charge is -2.27. The Balaban J connectivity index is 1.76. The zero-order valence-corrected chi connectivity index (χ0v) is 14.6. The summed E-state index contributed by atoms with van der Waals surface area (Å²) in [7, 11) is 0. The Bertz CT molecular complexity index is 396. The molecule has 1 fully saturated rings. The highest BCUT2D eigenvalue weighted by Crippen LogP contribution is 2.19. The molecule has 0 radical (unpaired) electrons. The van der Waals surface area contributed by atoms with Gasteiger partial charge in [-0.2, -0.15) is 0 Å². The molecule has 3 heteroatoms. The van der Waals surface area contributed by atoms with Crippen LogP contribution in [0.3, 0.4) is 0 Å². The Morgan fingerprint density at radius 3 is 2.67 bits per heavy atom. The fourth-order valence-corrected chi connectivity index (χ4v) is 3.84. The van der Waals surface area contributed by atoms with E-state index in [2.05, 4.69) is 55.3 Å². The van der Waals surface area contributed by atoms with E-state index in [-0.39, 0.29) is 0 Å². The first-order chi connectivity index (χ1) is 10.1. The van der Waals surface area contributed by atoms with Gasteiger partial charge >= 0.3 is 0 Å². The van der Waals surface area contributed by atoms with Crippen molar-refractivity contribution >= 4 is 11.8 Å². The average Bonchev–Trinajstić information content (AvgIpc) is 2.93. The van der Waals surface area contributed by atoms with Crippen LogP contribution in [0.4, 0.5) is 0 Å². The van der Waals surface area contributed by atoms with Crippen LogP contribution < -0.4 is 5.32 Å². The Kier molecular flexibility index (Phi) is 7.08. The van der Waals surface area contributed by atoms with Crippen LogP contribution >= 0.6 is 11.8 Å². The van der Waals surface area contributed by atoms with Crippen molar-refractivity contribution in [1.29, 1.82) is 0 Å². The predicted octanol–water partition coefficient (Wildman–Crippen LogP) is 3.80. The molecule has 1 atom stereocenters. The summed E-state index contributed by atoms with van der Waals surface area (Å²) in [6, 6.07) is 9.61. The molecule has 1 heterocycles. The molecule has 1 aromatic rings. The van der Waals surface area contributed by atoms with Gasteiger partial charge in [-0.3, -0.25) is 0 Å². The quantitative estimate of drug-likeness (QED) is 0.736. The maximum absolute atomic E-state index is 3.63. The SMILES string of the molecule is Cc1ccc(SCCN(CC(C)C)CC2CCCN2)cc1. The third kappa shape index (κ3) is 6.41. The lowest BCUT2D eigenvalue weighted by atomic mass is 10.1. The Morgan fingerprint density at radius 1 is 1.29 bits per heavy atom. The molecular weight excluding hydrogens is 276 g/mol. The summed E-state index contributed by atoms with van der Waals surface area (Å²) in [6.45, 7) is 11.6. The van der Waals surface area contributed by atoms with Crippen molar-refractivity contribution in [2.24, 2.45) is 5.92 Å². The molecule has 0 amide bonds. The van der Waals surface area contributed by atoms with Gasteiger partial charge in [-0.15, -0.1) is 11.8 Å². The number of aryl methyl sites for hydroxylation is 1. The molecule has 0 aromatic heterocycles. The predicted molar refractivity (Wildman–Crippen MR) is 94.2 cm³/mol. The molecule has 0 spiro atoms. The van der Waals surface area contributed by atoms with Crippen LogP contribution in [0.15, 0.2) is 29.2 Å². The maximum Gasteiger partial charge on any atom is 0.0195 e. The van der Waals surface area contributed by atoms with E-state index in [4.69, 9.17) is 0 Å². The van der Waals surface area contributed by atoms with E-state index in [1.54, 1.807) is 0 Å². The fraction of sp³-hybridized carbons (Fsp3) is 0.667. The van der Waals surface area contributed by atoms with Gasteiger partial charge in [0, 0.05) is 36.3 Å². The second-order valence-electron chi connectivity index (χ2n) is 6.61. The van der Waals surface area contributed by atoms with Crippen LogP contribution in [0.25, 0.3) is 0 Å². The molecule has 1 aliphatic heterocycles. The van der Waals surface area contributed by atoms with Crippen LogP contribution in [0.2, 0.25) is 0 Å². The summed E-state index contributed by atoms with van der Waals surface area (Å²) in [6.07, 6.45) is 2.69. The van der Waals surface area contributed by atoms with Crippen LogP contribution in [0.5, 0.6) is 0 Å². The van der Waals surface area contributed by atoms with Gasteiger partial charge in [0.1, 0.15) is 0 Å². The van der Waals surface area contributed by atoms with Gasteiger partial charge < -0.3 is 10.2 Å². The van der Waals surface area contributed by atoms with Crippen LogP contribution in [0, 0.1) is 12.8 Å². The number of nitrogens with one attached hydrogen (secondary N) is 1. The summed E-state index contributed by atoms with van der Waals surface area (Å²) in [5, 5.41) is 3.63. The van der Waals surface area contributed by atoms with Gasteiger partial charge in [0.2, 0.25) is 0 Å². The van der Waals surface area contributed by atoms with E-state index >= 15 is 0 Å². The molecule has 0 aliphatic carbocycles. The lowest BCUT2D eigenvalue weighted by molar-refractivity contribution is 0.236. The first kappa shape index (κ1) is 16.9. The van der Waals surface area contributed by atoms with Gasteiger partial charge in [0.25, 0.3) is 0 Å². The van der Waals surface area contributed by atoms with Crippen LogP contribution in [-0.4, -0.2) is 42.9 Å². The first-order valence-corrected chi connectivity index (χ1v) is 9.27. The molecule has 21 heavy (non-hydrogen) atoms. The second kappa shape index (κ2) is 8.82. The van der Waals surface area contributed by atoms with Crippen molar-refractivity contribution in [2.45, 2.75) is 44.6 Å². The minimum atomic E-state index is 0.716. The van der Waals surface area contributed by atoms with E-state index < -0.39 is 0 Å². The average molecular weight is 307 g/mol. The van der Waals surface area contributed by atoms with Crippen molar-refractivity contribution in [1.82, 2.24) is 10.2 Å². The normalized spacial score (nSPS) is 18.8. The molecule has 0 saturated carbocycles. The van der Waals surface area contributed by atoms with Crippen molar-refractivity contribution in [3.8, 4) is 0 Å². The van der Waals surface area contributed by atoms with Gasteiger partial charge in [-0.05, 0) is 44.4 Å². The monoisotopic (exact) mass is 306 g/mol. The summed E-state index contributed by atoms with van der Waals surface area (Å²) in [5.41, 5.74) is 1.34. The molecular formula is C18H30N2S. The van der Waals surface area contributed by atoms with Gasteiger partial charge in [-0.25, -0.2) is 0 Å². The first-order valence-electron chi connectivity index (χ1n) is 8.28. The highest BCUT2D eigenvalue weighted by Gasteiger charge is 2.18. The molecule has 2 nitrogen and oxygen atoms in total. The third-order valence-corrected chi connectivity index (χ3v) is 4.95. The van der Waals surface area contributed by atoms with Crippen LogP contribution in [0.1, 0.15) is 32.3 Å². The summed E-state index contributed by atoms with van der Waals surface area (Å²) < 4.78 is 0. The Labute approximate surface area is 134 Å². The summed E-state index contributed by atoms with van der Waals surface area (Å²) >= 11 is 1.98. The highest BCUT2D eigenvalue weighted by atomic mass is 32.2. The standard InChI is InChI=1S/C18H30N2S/c1-15(2)13-20(14-17-5-4-10-19-17)11-12-21-18-8-6-16(3)7-9-18/h6-9,15,17,19H,4-5,10-14H2,1-3H3. The van der Waals surface area contributed by atoms with Gasteiger partial charge in [0.05, 0.1) is 0 Å². The summed E-state index contributed by atoms with van der Waals surface area (Å²) in [4.78, 5) is 4.04. The number of nitrogens with zero attached hydrogens (tertiary/aromatic N) is 1.